The normalized spacial score (nSPS) is 30.0. The number of aromatic nitrogens is 1. The molecule has 4 aliphatic rings. The van der Waals surface area contributed by atoms with Gasteiger partial charge in [-0.25, -0.2) is 0 Å². The third-order valence-electron chi connectivity index (χ3n) is 9.74. The average Bonchev–Trinajstić information content (AvgIpc) is 3.33. The van der Waals surface area contributed by atoms with Crippen molar-refractivity contribution in [1.82, 2.24) is 15.2 Å². The van der Waals surface area contributed by atoms with Gasteiger partial charge in [0, 0.05) is 48.6 Å². The van der Waals surface area contributed by atoms with Crippen LogP contribution in [-0.4, -0.2) is 41.2 Å². The molecular weight excluding hydrogens is 430 g/mol. The fourth-order valence-corrected chi connectivity index (χ4v) is 8.03. The quantitative estimate of drug-likeness (QED) is 0.537. The fraction of sp³-hybridized carbons (Fsp3) is 0.645. The molecule has 3 atom stereocenters. The Hall–Kier alpha value is -1.75. The first-order chi connectivity index (χ1) is 17.1. The molecule has 0 amide bonds. The molecule has 35 heavy (non-hydrogen) atoms. The maximum atomic E-state index is 6.47. The van der Waals surface area contributed by atoms with Crippen molar-refractivity contribution < 1.29 is 4.74 Å². The highest BCUT2D eigenvalue weighted by Gasteiger charge is 2.48. The molecule has 0 bridgehead atoms. The van der Waals surface area contributed by atoms with Crippen molar-refractivity contribution in [3.05, 3.63) is 65.0 Å². The van der Waals surface area contributed by atoms with Crippen LogP contribution in [-0.2, 0) is 16.6 Å². The lowest BCUT2D eigenvalue weighted by atomic mass is 9.68. The molecule has 1 saturated carbocycles. The second-order valence-corrected chi connectivity index (χ2v) is 12.0. The number of ether oxygens (including phenoxy) is 1. The molecule has 6 rings (SSSR count). The zero-order chi connectivity index (χ0) is 23.9. The van der Waals surface area contributed by atoms with Crippen molar-refractivity contribution in [2.45, 2.75) is 107 Å². The Morgan fingerprint density at radius 3 is 2.77 bits per heavy atom. The Kier molecular flexibility index (Phi) is 6.49. The van der Waals surface area contributed by atoms with E-state index in [4.69, 9.17) is 9.72 Å². The maximum absolute atomic E-state index is 6.47. The van der Waals surface area contributed by atoms with Gasteiger partial charge in [0.05, 0.1) is 5.60 Å². The van der Waals surface area contributed by atoms with Crippen LogP contribution in [0.4, 0.5) is 0 Å². The predicted molar refractivity (Wildman–Crippen MR) is 142 cm³/mol. The number of nitrogens with zero attached hydrogens (tertiary/aromatic N) is 2. The largest absolute Gasteiger partial charge is 0.375 e. The van der Waals surface area contributed by atoms with Crippen LogP contribution in [0.15, 0.2) is 42.6 Å². The molecule has 2 aliphatic carbocycles. The molecule has 1 spiro atoms. The second kappa shape index (κ2) is 9.61. The zero-order valence-electron chi connectivity index (χ0n) is 21.8. The van der Waals surface area contributed by atoms with Gasteiger partial charge in [-0.1, -0.05) is 37.1 Å². The number of rotatable bonds is 6. The summed E-state index contributed by atoms with van der Waals surface area (Å²) in [6.45, 7) is 7.84. The molecule has 1 N–H and O–H groups in total. The molecule has 2 fully saturated rings. The van der Waals surface area contributed by atoms with Gasteiger partial charge in [0.2, 0.25) is 0 Å². The summed E-state index contributed by atoms with van der Waals surface area (Å²) in [5.74, 6) is 0. The van der Waals surface area contributed by atoms with Crippen molar-refractivity contribution in [2.24, 2.45) is 0 Å². The fourth-order valence-electron chi connectivity index (χ4n) is 8.03. The lowest BCUT2D eigenvalue weighted by Crippen LogP contribution is -2.48. The van der Waals surface area contributed by atoms with E-state index in [0.717, 1.165) is 32.4 Å². The van der Waals surface area contributed by atoms with Crippen LogP contribution in [0.1, 0.15) is 106 Å². The Labute approximate surface area is 211 Å². The van der Waals surface area contributed by atoms with Crippen LogP contribution in [0.3, 0.4) is 0 Å². The van der Waals surface area contributed by atoms with Crippen molar-refractivity contribution >= 4 is 0 Å². The lowest BCUT2D eigenvalue weighted by Gasteiger charge is -2.47. The number of hydrogen-bond acceptors (Lipinski definition) is 4. The van der Waals surface area contributed by atoms with Gasteiger partial charge >= 0.3 is 0 Å². The van der Waals surface area contributed by atoms with Gasteiger partial charge in [0.25, 0.3) is 0 Å². The highest BCUT2D eigenvalue weighted by Crippen LogP contribution is 2.50. The van der Waals surface area contributed by atoms with Crippen molar-refractivity contribution in [3.63, 3.8) is 0 Å². The van der Waals surface area contributed by atoms with Crippen LogP contribution in [0.2, 0.25) is 0 Å². The van der Waals surface area contributed by atoms with Gasteiger partial charge < -0.3 is 10.1 Å². The van der Waals surface area contributed by atoms with E-state index in [2.05, 4.69) is 60.5 Å². The molecule has 2 aliphatic heterocycles. The van der Waals surface area contributed by atoms with Crippen LogP contribution in [0.5, 0.6) is 0 Å². The standard InChI is InChI=1S/C31H43N3O/c1-23(2)34-20-13-24-8-7-9-25-26(11-12-27(34)29(24)25)32-19-16-30(28-10-3-6-18-33-28)17-21-35-31(22-30)14-4-5-15-31/h3,6-10,18,23,26-27,32H,4-5,11-17,19-22H2,1-2H3/t26?,27?,30-/m1/s1. The molecular formula is C31H43N3O. The molecule has 4 nitrogen and oxygen atoms in total. The van der Waals surface area contributed by atoms with E-state index in [9.17, 15) is 0 Å². The van der Waals surface area contributed by atoms with Crippen molar-refractivity contribution in [3.8, 4) is 0 Å². The molecule has 2 aromatic rings. The number of pyridine rings is 1. The van der Waals surface area contributed by atoms with Gasteiger partial charge in [-0.15, -0.1) is 0 Å². The molecule has 3 heterocycles. The maximum Gasteiger partial charge on any atom is 0.0691 e. The summed E-state index contributed by atoms with van der Waals surface area (Å²) >= 11 is 0. The molecule has 1 saturated heterocycles. The highest BCUT2D eigenvalue weighted by atomic mass is 16.5. The lowest BCUT2D eigenvalue weighted by molar-refractivity contribution is -0.104. The zero-order valence-corrected chi connectivity index (χ0v) is 21.8. The summed E-state index contributed by atoms with van der Waals surface area (Å²) in [6.07, 6.45) is 14.1. The van der Waals surface area contributed by atoms with Crippen molar-refractivity contribution in [2.75, 3.05) is 19.7 Å². The van der Waals surface area contributed by atoms with Crippen LogP contribution in [0.25, 0.3) is 0 Å². The van der Waals surface area contributed by atoms with E-state index in [1.807, 2.05) is 6.20 Å². The first-order valence-corrected chi connectivity index (χ1v) is 14.3. The summed E-state index contributed by atoms with van der Waals surface area (Å²) in [5.41, 5.74) is 6.30. The van der Waals surface area contributed by atoms with E-state index < -0.39 is 0 Å². The summed E-state index contributed by atoms with van der Waals surface area (Å²) in [7, 11) is 0. The molecule has 1 aromatic heterocycles. The number of nitrogens with one attached hydrogen (secondary N) is 1. The van der Waals surface area contributed by atoms with E-state index in [0.29, 0.717) is 18.1 Å². The third-order valence-corrected chi connectivity index (χ3v) is 9.74. The minimum atomic E-state index is 0.0899. The minimum Gasteiger partial charge on any atom is -0.375 e. The van der Waals surface area contributed by atoms with E-state index in [-0.39, 0.29) is 11.0 Å². The summed E-state index contributed by atoms with van der Waals surface area (Å²) in [6, 6.07) is 15.3. The summed E-state index contributed by atoms with van der Waals surface area (Å²) in [5, 5.41) is 4.05. The first kappa shape index (κ1) is 23.6. The number of benzene rings is 1. The summed E-state index contributed by atoms with van der Waals surface area (Å²) in [4.78, 5) is 7.64. The Balaban J connectivity index is 1.21. The van der Waals surface area contributed by atoms with Crippen LogP contribution >= 0.6 is 0 Å². The molecule has 1 aromatic carbocycles. The molecule has 2 unspecified atom stereocenters. The SMILES string of the molecule is CC(C)N1CCc2cccc3c2C1CCC3NCC[C@@]1(c2ccccn2)CCOC2(CCCC2)C1. The Morgan fingerprint density at radius 1 is 1.09 bits per heavy atom. The van der Waals surface area contributed by atoms with Gasteiger partial charge in [-0.2, -0.15) is 0 Å². The smallest absolute Gasteiger partial charge is 0.0691 e. The predicted octanol–water partition coefficient (Wildman–Crippen LogP) is 6.27. The minimum absolute atomic E-state index is 0.0899. The van der Waals surface area contributed by atoms with E-state index in [1.54, 1.807) is 16.7 Å². The Bertz CT molecular complexity index is 1020. The van der Waals surface area contributed by atoms with Gasteiger partial charge in [0.15, 0.2) is 0 Å². The highest BCUT2D eigenvalue weighted by molar-refractivity contribution is 5.43. The van der Waals surface area contributed by atoms with Crippen LogP contribution in [0, 0.1) is 0 Å². The summed E-state index contributed by atoms with van der Waals surface area (Å²) < 4.78 is 6.47. The Morgan fingerprint density at radius 2 is 1.97 bits per heavy atom. The molecule has 188 valence electrons. The average molecular weight is 474 g/mol. The number of hydrogen-bond donors (Lipinski definition) is 1. The van der Waals surface area contributed by atoms with Crippen molar-refractivity contribution in [1.29, 1.82) is 0 Å². The van der Waals surface area contributed by atoms with Gasteiger partial charge in [-0.3, -0.25) is 9.88 Å². The topological polar surface area (TPSA) is 37.4 Å². The third kappa shape index (κ3) is 4.36. The molecule has 4 heteroatoms. The van der Waals surface area contributed by atoms with E-state index in [1.165, 1.54) is 57.2 Å². The first-order valence-electron chi connectivity index (χ1n) is 14.3. The van der Waals surface area contributed by atoms with E-state index >= 15 is 0 Å². The van der Waals surface area contributed by atoms with Gasteiger partial charge in [-0.05, 0) is 101 Å². The van der Waals surface area contributed by atoms with Crippen LogP contribution < -0.4 is 5.32 Å². The second-order valence-electron chi connectivity index (χ2n) is 12.0. The van der Waals surface area contributed by atoms with Gasteiger partial charge in [0.1, 0.15) is 0 Å². The monoisotopic (exact) mass is 473 g/mol. The molecule has 0 radical (unpaired) electrons.